The SMILES string of the molecule is CNC(C)CNS(=O)(=O)c1ccc(OC)c(C)c1C. The lowest BCUT2D eigenvalue weighted by molar-refractivity contribution is 0.410. The molecule has 1 aromatic rings. The number of nitrogens with one attached hydrogen (secondary N) is 2. The van der Waals surface area contributed by atoms with Gasteiger partial charge in [-0.2, -0.15) is 0 Å². The van der Waals surface area contributed by atoms with Crippen molar-refractivity contribution in [2.75, 3.05) is 20.7 Å². The third kappa shape index (κ3) is 3.68. The highest BCUT2D eigenvalue weighted by atomic mass is 32.2. The summed E-state index contributed by atoms with van der Waals surface area (Å²) in [5.41, 5.74) is 1.55. The van der Waals surface area contributed by atoms with Crippen LogP contribution in [-0.4, -0.2) is 35.2 Å². The lowest BCUT2D eigenvalue weighted by Crippen LogP contribution is -2.37. The van der Waals surface area contributed by atoms with Crippen LogP contribution in [0.2, 0.25) is 0 Å². The highest BCUT2D eigenvalue weighted by Crippen LogP contribution is 2.26. The van der Waals surface area contributed by atoms with E-state index < -0.39 is 10.0 Å². The van der Waals surface area contributed by atoms with Gasteiger partial charge in [0.2, 0.25) is 10.0 Å². The molecule has 0 aliphatic heterocycles. The number of hydrogen-bond acceptors (Lipinski definition) is 4. The summed E-state index contributed by atoms with van der Waals surface area (Å²) in [5, 5.41) is 2.99. The van der Waals surface area contributed by atoms with E-state index in [1.54, 1.807) is 33.2 Å². The van der Waals surface area contributed by atoms with Gasteiger partial charge in [-0.05, 0) is 51.1 Å². The van der Waals surface area contributed by atoms with Gasteiger partial charge in [0.25, 0.3) is 0 Å². The Hall–Kier alpha value is -1.11. The summed E-state index contributed by atoms with van der Waals surface area (Å²) in [6.45, 7) is 5.90. The molecule has 5 nitrogen and oxygen atoms in total. The number of methoxy groups -OCH3 is 1. The first-order valence-electron chi connectivity index (χ1n) is 6.14. The second-order valence-corrected chi connectivity index (χ2v) is 6.29. The second kappa shape index (κ2) is 6.36. The molecule has 0 amide bonds. The summed E-state index contributed by atoms with van der Waals surface area (Å²) in [6, 6.07) is 3.33. The van der Waals surface area contributed by atoms with E-state index in [0.717, 1.165) is 5.56 Å². The van der Waals surface area contributed by atoms with Gasteiger partial charge in [0.05, 0.1) is 12.0 Å². The first-order chi connectivity index (χ1) is 8.83. The van der Waals surface area contributed by atoms with Crippen molar-refractivity contribution in [2.45, 2.75) is 31.7 Å². The first kappa shape index (κ1) is 15.9. The number of rotatable bonds is 6. The molecule has 108 valence electrons. The van der Waals surface area contributed by atoms with Gasteiger partial charge in [0, 0.05) is 12.6 Å². The van der Waals surface area contributed by atoms with Crippen molar-refractivity contribution in [3.8, 4) is 5.75 Å². The Balaban J connectivity index is 3.06. The minimum absolute atomic E-state index is 0.0782. The zero-order valence-corrected chi connectivity index (χ0v) is 12.9. The van der Waals surface area contributed by atoms with Gasteiger partial charge in [-0.1, -0.05) is 0 Å². The van der Waals surface area contributed by atoms with Gasteiger partial charge < -0.3 is 10.1 Å². The van der Waals surface area contributed by atoms with E-state index in [1.807, 2.05) is 13.8 Å². The van der Waals surface area contributed by atoms with E-state index in [-0.39, 0.29) is 6.04 Å². The van der Waals surface area contributed by atoms with E-state index in [2.05, 4.69) is 10.0 Å². The minimum atomic E-state index is -3.49. The number of sulfonamides is 1. The van der Waals surface area contributed by atoms with E-state index in [0.29, 0.717) is 22.8 Å². The van der Waals surface area contributed by atoms with Crippen molar-refractivity contribution >= 4 is 10.0 Å². The molecule has 0 fully saturated rings. The summed E-state index contributed by atoms with van der Waals surface area (Å²) in [6.07, 6.45) is 0. The standard InChI is InChI=1S/C13H22N2O3S/c1-9(14-4)8-15-19(16,17)13-7-6-12(18-5)10(2)11(13)3/h6-7,9,14-15H,8H2,1-5H3. The third-order valence-corrected chi connectivity index (χ3v) is 4.84. The summed E-state index contributed by atoms with van der Waals surface area (Å²) in [4.78, 5) is 0.300. The predicted molar refractivity (Wildman–Crippen MR) is 76.2 cm³/mol. The Morgan fingerprint density at radius 3 is 2.42 bits per heavy atom. The molecule has 6 heteroatoms. The van der Waals surface area contributed by atoms with Crippen LogP contribution in [0.4, 0.5) is 0 Å². The minimum Gasteiger partial charge on any atom is -0.496 e. The van der Waals surface area contributed by atoms with Crippen molar-refractivity contribution in [1.29, 1.82) is 0 Å². The molecule has 0 bridgehead atoms. The Kier molecular flexibility index (Phi) is 5.34. The average molecular weight is 286 g/mol. The van der Waals surface area contributed by atoms with Crippen LogP contribution in [0.15, 0.2) is 17.0 Å². The number of hydrogen-bond donors (Lipinski definition) is 2. The molecule has 0 aromatic heterocycles. The Morgan fingerprint density at radius 1 is 1.26 bits per heavy atom. The lowest BCUT2D eigenvalue weighted by atomic mass is 10.1. The van der Waals surface area contributed by atoms with Gasteiger partial charge >= 0.3 is 0 Å². The monoisotopic (exact) mass is 286 g/mol. The van der Waals surface area contributed by atoms with Crippen LogP contribution in [0.25, 0.3) is 0 Å². The van der Waals surface area contributed by atoms with Gasteiger partial charge in [0.1, 0.15) is 5.75 Å². The van der Waals surface area contributed by atoms with E-state index >= 15 is 0 Å². The van der Waals surface area contributed by atoms with Crippen LogP contribution in [-0.2, 0) is 10.0 Å². The molecule has 0 saturated heterocycles. The summed E-state index contributed by atoms with van der Waals surface area (Å²) < 4.78 is 32.3. The number of likely N-dealkylation sites (N-methyl/N-ethyl adjacent to an activating group) is 1. The van der Waals surface area contributed by atoms with Gasteiger partial charge in [-0.3, -0.25) is 0 Å². The maximum absolute atomic E-state index is 12.2. The average Bonchev–Trinajstić information content (AvgIpc) is 2.38. The van der Waals surface area contributed by atoms with E-state index in [9.17, 15) is 8.42 Å². The van der Waals surface area contributed by atoms with Gasteiger partial charge in [-0.25, -0.2) is 13.1 Å². The van der Waals surface area contributed by atoms with Crippen molar-refractivity contribution in [2.24, 2.45) is 0 Å². The van der Waals surface area contributed by atoms with Crippen LogP contribution < -0.4 is 14.8 Å². The Labute approximate surface area is 115 Å². The molecule has 1 atom stereocenters. The Bertz CT molecular complexity index is 541. The lowest BCUT2D eigenvalue weighted by Gasteiger charge is -2.15. The fourth-order valence-electron chi connectivity index (χ4n) is 1.70. The molecule has 0 aliphatic carbocycles. The number of benzene rings is 1. The van der Waals surface area contributed by atoms with Crippen molar-refractivity contribution in [3.05, 3.63) is 23.3 Å². The molecule has 19 heavy (non-hydrogen) atoms. The molecule has 0 radical (unpaired) electrons. The molecule has 0 spiro atoms. The van der Waals surface area contributed by atoms with E-state index in [4.69, 9.17) is 4.74 Å². The zero-order valence-electron chi connectivity index (χ0n) is 12.1. The van der Waals surface area contributed by atoms with Crippen LogP contribution >= 0.6 is 0 Å². The molecule has 0 saturated carbocycles. The highest BCUT2D eigenvalue weighted by molar-refractivity contribution is 7.89. The zero-order chi connectivity index (χ0) is 14.6. The smallest absolute Gasteiger partial charge is 0.240 e. The molecular formula is C13H22N2O3S. The molecule has 2 N–H and O–H groups in total. The maximum atomic E-state index is 12.2. The molecule has 1 rings (SSSR count). The number of ether oxygens (including phenoxy) is 1. The Morgan fingerprint density at radius 2 is 1.89 bits per heavy atom. The van der Waals surface area contributed by atoms with Crippen molar-refractivity contribution < 1.29 is 13.2 Å². The quantitative estimate of drug-likeness (QED) is 0.824. The van der Waals surface area contributed by atoms with Gasteiger partial charge in [0.15, 0.2) is 0 Å². The molecule has 1 aromatic carbocycles. The molecule has 0 aliphatic rings. The van der Waals surface area contributed by atoms with Crippen LogP contribution in [0.5, 0.6) is 5.75 Å². The molecule has 0 heterocycles. The fraction of sp³-hybridized carbons (Fsp3) is 0.538. The largest absolute Gasteiger partial charge is 0.496 e. The van der Waals surface area contributed by atoms with Crippen LogP contribution in [0, 0.1) is 13.8 Å². The predicted octanol–water partition coefficient (Wildman–Crippen LogP) is 1.20. The highest BCUT2D eigenvalue weighted by Gasteiger charge is 2.19. The van der Waals surface area contributed by atoms with Crippen molar-refractivity contribution in [1.82, 2.24) is 10.0 Å². The van der Waals surface area contributed by atoms with E-state index in [1.165, 1.54) is 0 Å². The van der Waals surface area contributed by atoms with Gasteiger partial charge in [-0.15, -0.1) is 0 Å². The van der Waals surface area contributed by atoms with Crippen molar-refractivity contribution in [3.63, 3.8) is 0 Å². The fourth-order valence-corrected chi connectivity index (χ4v) is 3.13. The topological polar surface area (TPSA) is 67.4 Å². The summed E-state index contributed by atoms with van der Waals surface area (Å²) in [7, 11) is -0.124. The first-order valence-corrected chi connectivity index (χ1v) is 7.63. The maximum Gasteiger partial charge on any atom is 0.240 e. The second-order valence-electron chi connectivity index (χ2n) is 4.56. The molecular weight excluding hydrogens is 264 g/mol. The molecule has 1 unspecified atom stereocenters. The third-order valence-electron chi connectivity index (χ3n) is 3.27. The van der Waals surface area contributed by atoms with Crippen LogP contribution in [0.1, 0.15) is 18.1 Å². The normalized spacial score (nSPS) is 13.3. The summed E-state index contributed by atoms with van der Waals surface area (Å²) >= 11 is 0. The van der Waals surface area contributed by atoms with Crippen LogP contribution in [0.3, 0.4) is 0 Å². The summed E-state index contributed by atoms with van der Waals surface area (Å²) in [5.74, 6) is 0.694.